The van der Waals surface area contributed by atoms with Crippen molar-refractivity contribution < 1.29 is 0 Å². The second-order valence-electron chi connectivity index (χ2n) is 4.62. The van der Waals surface area contributed by atoms with Crippen molar-refractivity contribution in [1.82, 2.24) is 9.97 Å². The minimum atomic E-state index is 0.816. The molecule has 0 radical (unpaired) electrons. The van der Waals surface area contributed by atoms with Crippen molar-refractivity contribution in [2.75, 3.05) is 11.9 Å². The van der Waals surface area contributed by atoms with E-state index in [4.69, 9.17) is 0 Å². The van der Waals surface area contributed by atoms with Gasteiger partial charge in [-0.1, -0.05) is 6.07 Å². The Kier molecular flexibility index (Phi) is 3.17. The summed E-state index contributed by atoms with van der Waals surface area (Å²) in [6.07, 6.45) is 1.90. The molecule has 3 aromatic rings. The van der Waals surface area contributed by atoms with Crippen molar-refractivity contribution in [3.05, 3.63) is 53.3 Å². The van der Waals surface area contributed by atoms with Gasteiger partial charge in [-0.15, -0.1) is 11.3 Å². The molecule has 0 amide bonds. The van der Waals surface area contributed by atoms with Gasteiger partial charge in [0.25, 0.3) is 0 Å². The molecule has 0 aliphatic carbocycles. The lowest BCUT2D eigenvalue weighted by Gasteiger charge is -2.17. The van der Waals surface area contributed by atoms with E-state index in [-0.39, 0.29) is 0 Å². The zero-order valence-corrected chi connectivity index (χ0v) is 11.8. The number of aryl methyl sites for hydroxylation is 1. The summed E-state index contributed by atoms with van der Waals surface area (Å²) in [6, 6.07) is 10.6. The van der Waals surface area contributed by atoms with Crippen LogP contribution in [-0.2, 0) is 6.54 Å². The molecule has 2 heterocycles. The average molecular weight is 269 g/mol. The van der Waals surface area contributed by atoms with E-state index in [1.165, 1.54) is 10.6 Å². The Morgan fingerprint density at radius 1 is 1.26 bits per heavy atom. The third-order valence-corrected chi connectivity index (χ3v) is 4.05. The molecular weight excluding hydrogens is 254 g/mol. The van der Waals surface area contributed by atoms with Crippen LogP contribution in [0.4, 0.5) is 5.00 Å². The fourth-order valence-corrected chi connectivity index (χ4v) is 2.81. The van der Waals surface area contributed by atoms with Crippen LogP contribution >= 0.6 is 11.3 Å². The molecule has 1 aromatic carbocycles. The van der Waals surface area contributed by atoms with Crippen LogP contribution in [0.1, 0.15) is 11.4 Å². The minimum Gasteiger partial charge on any atom is -0.362 e. The first-order valence-corrected chi connectivity index (χ1v) is 7.07. The van der Waals surface area contributed by atoms with Gasteiger partial charge < -0.3 is 4.90 Å². The summed E-state index contributed by atoms with van der Waals surface area (Å²) in [4.78, 5) is 10.9. The van der Waals surface area contributed by atoms with Gasteiger partial charge in [-0.05, 0) is 42.1 Å². The maximum Gasteiger partial charge on any atom is 0.125 e. The molecule has 3 nitrogen and oxygen atoms in total. The van der Waals surface area contributed by atoms with Crippen molar-refractivity contribution >= 4 is 27.2 Å². The molecule has 0 aliphatic rings. The molecule has 0 saturated heterocycles. The highest BCUT2D eigenvalue weighted by Gasteiger charge is 2.04. The van der Waals surface area contributed by atoms with Gasteiger partial charge >= 0.3 is 0 Å². The number of anilines is 1. The third-order valence-electron chi connectivity index (χ3n) is 3.07. The van der Waals surface area contributed by atoms with Crippen molar-refractivity contribution in [1.29, 1.82) is 0 Å². The number of thiophene rings is 1. The SMILES string of the molecule is Cc1ncc2cc(CN(C)c3cccs3)ccc2n1. The summed E-state index contributed by atoms with van der Waals surface area (Å²) in [5.41, 5.74) is 2.28. The van der Waals surface area contributed by atoms with Gasteiger partial charge in [-0.25, -0.2) is 9.97 Å². The van der Waals surface area contributed by atoms with Crippen LogP contribution in [0.25, 0.3) is 10.9 Å². The average Bonchev–Trinajstić information content (AvgIpc) is 2.93. The standard InChI is InChI=1S/C15H15N3S/c1-11-16-9-13-8-12(5-6-14(13)17-11)10-18(2)15-4-3-7-19-15/h3-9H,10H2,1-2H3. The normalized spacial score (nSPS) is 10.8. The van der Waals surface area contributed by atoms with Gasteiger partial charge in [0.1, 0.15) is 5.82 Å². The molecule has 4 heteroatoms. The van der Waals surface area contributed by atoms with Crippen molar-refractivity contribution in [3.63, 3.8) is 0 Å². The third kappa shape index (κ3) is 2.58. The lowest BCUT2D eigenvalue weighted by Crippen LogP contribution is -2.14. The van der Waals surface area contributed by atoms with Crippen LogP contribution in [0, 0.1) is 6.92 Å². The predicted octanol–water partition coefficient (Wildman–Crippen LogP) is 3.64. The van der Waals surface area contributed by atoms with Gasteiger partial charge in [0, 0.05) is 25.2 Å². The first-order valence-electron chi connectivity index (χ1n) is 6.19. The van der Waals surface area contributed by atoms with E-state index in [1.54, 1.807) is 11.3 Å². The predicted molar refractivity (Wildman–Crippen MR) is 80.7 cm³/mol. The van der Waals surface area contributed by atoms with E-state index >= 15 is 0 Å². The molecule has 0 spiro atoms. The highest BCUT2D eigenvalue weighted by Crippen LogP contribution is 2.22. The second kappa shape index (κ2) is 4.97. The van der Waals surface area contributed by atoms with Gasteiger partial charge in [-0.3, -0.25) is 0 Å². The second-order valence-corrected chi connectivity index (χ2v) is 5.54. The van der Waals surface area contributed by atoms with Crippen LogP contribution in [0.15, 0.2) is 41.9 Å². The van der Waals surface area contributed by atoms with E-state index in [2.05, 4.69) is 57.6 Å². The zero-order chi connectivity index (χ0) is 13.2. The molecule has 3 rings (SSSR count). The molecular formula is C15H15N3S. The van der Waals surface area contributed by atoms with Crippen LogP contribution in [0.3, 0.4) is 0 Å². The minimum absolute atomic E-state index is 0.816. The van der Waals surface area contributed by atoms with Crippen LogP contribution in [-0.4, -0.2) is 17.0 Å². The molecule has 0 N–H and O–H groups in total. The summed E-state index contributed by atoms with van der Waals surface area (Å²) in [6.45, 7) is 2.81. The van der Waals surface area contributed by atoms with Gasteiger partial charge in [0.05, 0.1) is 10.5 Å². The van der Waals surface area contributed by atoms with Crippen molar-refractivity contribution in [3.8, 4) is 0 Å². The summed E-state index contributed by atoms with van der Waals surface area (Å²) in [7, 11) is 2.11. The van der Waals surface area contributed by atoms with E-state index < -0.39 is 0 Å². The Hall–Kier alpha value is -1.94. The van der Waals surface area contributed by atoms with Gasteiger partial charge in [0.15, 0.2) is 0 Å². The molecule has 96 valence electrons. The number of hydrogen-bond donors (Lipinski definition) is 0. The monoisotopic (exact) mass is 269 g/mol. The van der Waals surface area contributed by atoms with Crippen LogP contribution < -0.4 is 4.90 Å². The van der Waals surface area contributed by atoms with Gasteiger partial charge in [-0.2, -0.15) is 0 Å². The zero-order valence-electron chi connectivity index (χ0n) is 11.0. The number of nitrogens with zero attached hydrogens (tertiary/aromatic N) is 3. The number of rotatable bonds is 3. The topological polar surface area (TPSA) is 29.0 Å². The molecule has 0 saturated carbocycles. The van der Waals surface area contributed by atoms with E-state index in [0.29, 0.717) is 0 Å². The quantitative estimate of drug-likeness (QED) is 0.727. The maximum atomic E-state index is 4.42. The van der Waals surface area contributed by atoms with Crippen molar-refractivity contribution in [2.45, 2.75) is 13.5 Å². The van der Waals surface area contributed by atoms with Crippen LogP contribution in [0.5, 0.6) is 0 Å². The van der Waals surface area contributed by atoms with E-state index in [0.717, 1.165) is 23.3 Å². The Morgan fingerprint density at radius 3 is 2.95 bits per heavy atom. The highest BCUT2D eigenvalue weighted by molar-refractivity contribution is 7.14. The lowest BCUT2D eigenvalue weighted by atomic mass is 10.1. The largest absolute Gasteiger partial charge is 0.362 e. The summed E-state index contributed by atoms with van der Waals surface area (Å²) in [5.74, 6) is 0.816. The Balaban J connectivity index is 1.87. The molecule has 0 fully saturated rings. The molecule has 19 heavy (non-hydrogen) atoms. The number of benzene rings is 1. The number of hydrogen-bond acceptors (Lipinski definition) is 4. The summed E-state index contributed by atoms with van der Waals surface area (Å²) >= 11 is 1.76. The first kappa shape index (κ1) is 12.1. The van der Waals surface area contributed by atoms with E-state index in [1.807, 2.05) is 13.1 Å². The molecule has 0 aliphatic heterocycles. The number of aromatic nitrogens is 2. The Bertz CT molecular complexity index is 692. The fourth-order valence-electron chi connectivity index (χ4n) is 2.11. The molecule has 0 unspecified atom stereocenters. The highest BCUT2D eigenvalue weighted by atomic mass is 32.1. The van der Waals surface area contributed by atoms with Gasteiger partial charge in [0.2, 0.25) is 0 Å². The smallest absolute Gasteiger partial charge is 0.125 e. The number of fused-ring (bicyclic) bond motifs is 1. The maximum absolute atomic E-state index is 4.42. The van der Waals surface area contributed by atoms with E-state index in [9.17, 15) is 0 Å². The Morgan fingerprint density at radius 2 is 2.16 bits per heavy atom. The Labute approximate surface area is 116 Å². The molecule has 2 aromatic heterocycles. The molecule has 0 bridgehead atoms. The summed E-state index contributed by atoms with van der Waals surface area (Å²) in [5, 5.41) is 4.48. The molecule has 0 atom stereocenters. The first-order chi connectivity index (χ1) is 9.22. The van der Waals surface area contributed by atoms with Crippen LogP contribution in [0.2, 0.25) is 0 Å². The summed E-state index contributed by atoms with van der Waals surface area (Å²) < 4.78 is 0. The fraction of sp³-hybridized carbons (Fsp3) is 0.200. The van der Waals surface area contributed by atoms with Crippen molar-refractivity contribution in [2.24, 2.45) is 0 Å². The lowest BCUT2D eigenvalue weighted by molar-refractivity contribution is 0.936.